The normalized spacial score (nSPS) is 11.0. The van der Waals surface area contributed by atoms with E-state index < -0.39 is 0 Å². The van der Waals surface area contributed by atoms with Crippen LogP contribution in [0.2, 0.25) is 0 Å². The minimum absolute atomic E-state index is 0.150. The molecule has 8 nitrogen and oxygen atoms in total. The van der Waals surface area contributed by atoms with E-state index in [0.717, 1.165) is 62.2 Å². The third-order valence-corrected chi connectivity index (χ3v) is 8.22. The van der Waals surface area contributed by atoms with E-state index in [0.29, 0.717) is 36.6 Å². The van der Waals surface area contributed by atoms with Crippen LogP contribution in [0, 0.1) is 0 Å². The maximum Gasteiger partial charge on any atom is 0.251 e. The molecule has 0 bridgehead atoms. The lowest BCUT2D eigenvalue weighted by Gasteiger charge is -2.13. The van der Waals surface area contributed by atoms with Crippen molar-refractivity contribution in [1.82, 2.24) is 14.9 Å². The molecular formula is C38H37N3O5. The summed E-state index contributed by atoms with van der Waals surface area (Å²) in [7, 11) is 6.53. The SMILES string of the molecule is COc1cc(CCNC(=O)c2ccc3c(c2)nc(-c2cccc4ccccc24)n3CCc2ccc(OC)c(OC)c2)cc(OC)c1. The van der Waals surface area contributed by atoms with Crippen LogP contribution in [0.15, 0.2) is 97.1 Å². The zero-order chi connectivity index (χ0) is 32.0. The van der Waals surface area contributed by atoms with Crippen LogP contribution in [-0.2, 0) is 19.4 Å². The summed E-state index contributed by atoms with van der Waals surface area (Å²) in [6, 6.07) is 32.1. The van der Waals surface area contributed by atoms with Gasteiger partial charge in [0, 0.05) is 30.3 Å². The molecule has 0 atom stereocenters. The Morgan fingerprint density at radius 3 is 2.24 bits per heavy atom. The monoisotopic (exact) mass is 615 g/mol. The average Bonchev–Trinajstić information content (AvgIpc) is 3.47. The number of carbonyl (C=O) groups is 1. The van der Waals surface area contributed by atoms with Crippen molar-refractivity contribution in [3.63, 3.8) is 0 Å². The van der Waals surface area contributed by atoms with Crippen molar-refractivity contribution in [1.29, 1.82) is 0 Å². The van der Waals surface area contributed by atoms with Gasteiger partial charge < -0.3 is 28.8 Å². The van der Waals surface area contributed by atoms with Crippen molar-refractivity contribution >= 4 is 27.7 Å². The highest BCUT2D eigenvalue weighted by Gasteiger charge is 2.17. The Morgan fingerprint density at radius 1 is 0.717 bits per heavy atom. The molecule has 6 aromatic rings. The Bertz CT molecular complexity index is 1990. The molecule has 1 N–H and O–H groups in total. The van der Waals surface area contributed by atoms with E-state index in [1.165, 1.54) is 0 Å². The highest BCUT2D eigenvalue weighted by molar-refractivity contribution is 6.00. The fourth-order valence-corrected chi connectivity index (χ4v) is 5.83. The number of nitrogens with zero attached hydrogens (tertiary/aromatic N) is 2. The topological polar surface area (TPSA) is 83.8 Å². The number of rotatable bonds is 12. The Morgan fingerprint density at radius 2 is 1.48 bits per heavy atom. The van der Waals surface area contributed by atoms with Gasteiger partial charge in [0.05, 0.1) is 39.5 Å². The van der Waals surface area contributed by atoms with Crippen LogP contribution >= 0.6 is 0 Å². The van der Waals surface area contributed by atoms with Crippen LogP contribution in [-0.4, -0.2) is 50.4 Å². The second kappa shape index (κ2) is 13.6. The summed E-state index contributed by atoms with van der Waals surface area (Å²) in [5, 5.41) is 5.32. The Kier molecular flexibility index (Phi) is 9.06. The van der Waals surface area contributed by atoms with Gasteiger partial charge in [0.15, 0.2) is 11.5 Å². The molecule has 1 heterocycles. The summed E-state index contributed by atoms with van der Waals surface area (Å²) < 4.78 is 24.0. The van der Waals surface area contributed by atoms with Crippen molar-refractivity contribution < 1.29 is 23.7 Å². The van der Waals surface area contributed by atoms with Crippen molar-refractivity contribution in [2.45, 2.75) is 19.4 Å². The number of fused-ring (bicyclic) bond motifs is 2. The maximum atomic E-state index is 13.3. The first kappa shape index (κ1) is 30.5. The molecule has 0 aliphatic carbocycles. The predicted molar refractivity (Wildman–Crippen MR) is 182 cm³/mol. The molecule has 8 heteroatoms. The molecule has 234 valence electrons. The minimum atomic E-state index is -0.150. The number of hydrogen-bond donors (Lipinski definition) is 1. The highest BCUT2D eigenvalue weighted by Crippen LogP contribution is 2.33. The Balaban J connectivity index is 1.30. The fraction of sp³-hybridized carbons (Fsp3) is 0.211. The molecule has 1 aromatic heterocycles. The first-order valence-electron chi connectivity index (χ1n) is 15.2. The van der Waals surface area contributed by atoms with Gasteiger partial charge in [-0.3, -0.25) is 4.79 Å². The lowest BCUT2D eigenvalue weighted by atomic mass is 10.0. The van der Waals surface area contributed by atoms with Gasteiger partial charge in [-0.05, 0) is 77.2 Å². The number of benzene rings is 5. The quantitative estimate of drug-likeness (QED) is 0.158. The number of methoxy groups -OCH3 is 4. The van der Waals surface area contributed by atoms with Crippen LogP contribution in [0.25, 0.3) is 33.2 Å². The van der Waals surface area contributed by atoms with E-state index in [1.54, 1.807) is 28.4 Å². The number of imidazole rings is 1. The predicted octanol–water partition coefficient (Wildman–Crippen LogP) is 7.11. The van der Waals surface area contributed by atoms with Gasteiger partial charge >= 0.3 is 0 Å². The van der Waals surface area contributed by atoms with Crippen molar-refractivity contribution in [2.24, 2.45) is 0 Å². The van der Waals surface area contributed by atoms with Gasteiger partial charge in [0.25, 0.3) is 5.91 Å². The molecule has 0 spiro atoms. The average molecular weight is 616 g/mol. The van der Waals surface area contributed by atoms with Crippen LogP contribution in [0.5, 0.6) is 23.0 Å². The number of carbonyl (C=O) groups excluding carboxylic acids is 1. The van der Waals surface area contributed by atoms with E-state index in [2.05, 4.69) is 46.3 Å². The highest BCUT2D eigenvalue weighted by atomic mass is 16.5. The van der Waals surface area contributed by atoms with Gasteiger partial charge in [-0.1, -0.05) is 48.5 Å². The minimum Gasteiger partial charge on any atom is -0.497 e. The summed E-state index contributed by atoms with van der Waals surface area (Å²) in [5.41, 5.74) is 5.46. The second-order valence-electron chi connectivity index (χ2n) is 11.0. The molecule has 0 unspecified atom stereocenters. The lowest BCUT2D eigenvalue weighted by Crippen LogP contribution is -2.25. The largest absolute Gasteiger partial charge is 0.497 e. The number of ether oxygens (including phenoxy) is 4. The summed E-state index contributed by atoms with van der Waals surface area (Å²) in [5.74, 6) is 3.54. The third kappa shape index (κ3) is 6.33. The van der Waals surface area contributed by atoms with Gasteiger partial charge in [-0.15, -0.1) is 0 Å². The lowest BCUT2D eigenvalue weighted by molar-refractivity contribution is 0.0954. The van der Waals surface area contributed by atoms with E-state index in [9.17, 15) is 4.79 Å². The van der Waals surface area contributed by atoms with Gasteiger partial charge in [-0.2, -0.15) is 0 Å². The Hall–Kier alpha value is -5.50. The molecule has 0 radical (unpaired) electrons. The van der Waals surface area contributed by atoms with Crippen molar-refractivity contribution in [2.75, 3.05) is 35.0 Å². The summed E-state index contributed by atoms with van der Waals surface area (Å²) in [4.78, 5) is 18.4. The van der Waals surface area contributed by atoms with Crippen LogP contribution in [0.1, 0.15) is 21.5 Å². The molecule has 5 aromatic carbocycles. The van der Waals surface area contributed by atoms with E-state index in [1.807, 2.05) is 60.7 Å². The number of aromatic nitrogens is 2. The smallest absolute Gasteiger partial charge is 0.251 e. The molecule has 0 fully saturated rings. The number of hydrogen-bond acceptors (Lipinski definition) is 6. The molecule has 0 aliphatic heterocycles. The third-order valence-electron chi connectivity index (χ3n) is 8.22. The number of nitrogens with one attached hydrogen (secondary N) is 1. The number of amides is 1. The Labute approximate surface area is 268 Å². The van der Waals surface area contributed by atoms with Crippen LogP contribution < -0.4 is 24.3 Å². The van der Waals surface area contributed by atoms with Crippen molar-refractivity contribution in [3.8, 4) is 34.4 Å². The summed E-state index contributed by atoms with van der Waals surface area (Å²) in [6.45, 7) is 1.15. The zero-order valence-corrected chi connectivity index (χ0v) is 26.5. The maximum absolute atomic E-state index is 13.3. The molecule has 0 saturated carbocycles. The van der Waals surface area contributed by atoms with E-state index in [4.69, 9.17) is 23.9 Å². The van der Waals surface area contributed by atoms with Crippen LogP contribution in [0.3, 0.4) is 0 Å². The van der Waals surface area contributed by atoms with E-state index >= 15 is 0 Å². The van der Waals surface area contributed by atoms with Gasteiger partial charge in [0.2, 0.25) is 0 Å². The number of aryl methyl sites for hydroxylation is 2. The van der Waals surface area contributed by atoms with Crippen molar-refractivity contribution in [3.05, 3.63) is 114 Å². The first-order valence-corrected chi connectivity index (χ1v) is 15.2. The molecule has 6 rings (SSSR count). The zero-order valence-electron chi connectivity index (χ0n) is 26.5. The summed E-state index contributed by atoms with van der Waals surface area (Å²) in [6.07, 6.45) is 1.39. The summed E-state index contributed by atoms with van der Waals surface area (Å²) >= 11 is 0. The molecule has 0 saturated heterocycles. The standard InChI is InChI=1S/C38H37N3O5/c1-43-29-20-26(21-30(24-29)44-2)16-18-39-38(42)28-13-14-34-33(23-28)40-37(32-11-7-9-27-8-5-6-10-31(27)32)41(34)19-17-25-12-15-35(45-3)36(22-25)46-4/h5-15,20-24H,16-19H2,1-4H3,(H,39,42). The molecular weight excluding hydrogens is 578 g/mol. The molecule has 46 heavy (non-hydrogen) atoms. The van der Waals surface area contributed by atoms with Gasteiger partial charge in [0.1, 0.15) is 17.3 Å². The fourth-order valence-electron chi connectivity index (χ4n) is 5.83. The second-order valence-corrected chi connectivity index (χ2v) is 11.0. The molecule has 1 amide bonds. The van der Waals surface area contributed by atoms with Gasteiger partial charge in [-0.25, -0.2) is 4.98 Å². The van der Waals surface area contributed by atoms with Crippen LogP contribution in [0.4, 0.5) is 0 Å². The van der Waals surface area contributed by atoms with E-state index in [-0.39, 0.29) is 5.91 Å². The first-order chi connectivity index (χ1) is 22.5. The molecule has 0 aliphatic rings.